The van der Waals surface area contributed by atoms with Gasteiger partial charge < -0.3 is 4.74 Å². The Labute approximate surface area is 102 Å². The van der Waals surface area contributed by atoms with Gasteiger partial charge in [0.05, 0.1) is 10.7 Å². The van der Waals surface area contributed by atoms with Gasteiger partial charge in [-0.15, -0.1) is 0 Å². The average Bonchev–Trinajstić information content (AvgIpc) is 2.16. The molecule has 14 heavy (non-hydrogen) atoms. The number of rotatable bonds is 3. The highest BCUT2D eigenvalue weighted by Gasteiger charge is 2.20. The van der Waals surface area contributed by atoms with Gasteiger partial charge >= 0.3 is 0 Å². The van der Waals surface area contributed by atoms with E-state index in [0.717, 1.165) is 0 Å². The van der Waals surface area contributed by atoms with E-state index in [2.05, 4.69) is 20.9 Å². The predicted octanol–water partition coefficient (Wildman–Crippen LogP) is 3.53. The maximum atomic E-state index is 12.7. The van der Waals surface area contributed by atoms with Crippen molar-refractivity contribution in [3.05, 3.63) is 20.9 Å². The number of pyridine rings is 1. The summed E-state index contributed by atoms with van der Waals surface area (Å²) in [5.74, 6) is 0.241. The van der Waals surface area contributed by atoms with E-state index in [1.54, 1.807) is 0 Å². The van der Waals surface area contributed by atoms with Gasteiger partial charge in [0.1, 0.15) is 0 Å². The summed E-state index contributed by atoms with van der Waals surface area (Å²) < 4.78 is 30.6. The predicted molar refractivity (Wildman–Crippen MR) is 61.1 cm³/mol. The number of aromatic nitrogens is 1. The highest BCUT2D eigenvalue weighted by molar-refractivity contribution is 14.1. The molecule has 0 spiro atoms. The zero-order chi connectivity index (χ0) is 10.7. The molecule has 78 valence electrons. The zero-order valence-electron chi connectivity index (χ0n) is 7.23. The van der Waals surface area contributed by atoms with Gasteiger partial charge in [-0.25, -0.2) is 13.8 Å². The maximum absolute atomic E-state index is 12.7. The van der Waals surface area contributed by atoms with Gasteiger partial charge in [0, 0.05) is 17.1 Å². The SMILES string of the molecule is COc1ncc(CBr)c(C(F)F)c1I. The molecule has 1 rings (SSSR count). The van der Waals surface area contributed by atoms with Gasteiger partial charge in [0.15, 0.2) is 0 Å². The van der Waals surface area contributed by atoms with Crippen LogP contribution in [0.15, 0.2) is 6.20 Å². The fraction of sp³-hybridized carbons (Fsp3) is 0.375. The third kappa shape index (κ3) is 2.33. The van der Waals surface area contributed by atoms with Gasteiger partial charge in [-0.1, -0.05) is 15.9 Å². The Bertz CT molecular complexity index is 335. The molecule has 0 saturated heterocycles. The first-order valence-electron chi connectivity index (χ1n) is 3.67. The van der Waals surface area contributed by atoms with Crippen LogP contribution >= 0.6 is 38.5 Å². The summed E-state index contributed by atoms with van der Waals surface area (Å²) in [6.07, 6.45) is -1.11. The molecule has 0 aliphatic heterocycles. The summed E-state index contributed by atoms with van der Waals surface area (Å²) in [7, 11) is 1.41. The molecular weight excluding hydrogens is 371 g/mol. The molecule has 0 radical (unpaired) electrons. The number of halogens is 4. The molecule has 0 fully saturated rings. The number of hydrogen-bond donors (Lipinski definition) is 0. The molecule has 0 N–H and O–H groups in total. The van der Waals surface area contributed by atoms with Gasteiger partial charge in [-0.05, 0) is 28.2 Å². The van der Waals surface area contributed by atoms with Crippen LogP contribution in [0, 0.1) is 3.57 Å². The summed E-state index contributed by atoms with van der Waals surface area (Å²) in [5, 5.41) is 0.361. The highest BCUT2D eigenvalue weighted by atomic mass is 127. The summed E-state index contributed by atoms with van der Waals surface area (Å²) in [6, 6.07) is 0. The quantitative estimate of drug-likeness (QED) is 0.594. The number of hydrogen-bond acceptors (Lipinski definition) is 2. The lowest BCUT2D eigenvalue weighted by Crippen LogP contribution is -2.01. The van der Waals surface area contributed by atoms with Crippen molar-refractivity contribution >= 4 is 38.5 Å². The second kappa shape index (κ2) is 5.20. The van der Waals surface area contributed by atoms with E-state index in [0.29, 0.717) is 14.5 Å². The van der Waals surface area contributed by atoms with Gasteiger partial charge in [-0.2, -0.15) is 0 Å². The van der Waals surface area contributed by atoms with Crippen LogP contribution in [-0.2, 0) is 5.33 Å². The molecule has 1 aromatic heterocycles. The molecule has 0 amide bonds. The van der Waals surface area contributed by atoms with Crippen molar-refractivity contribution in [3.8, 4) is 5.88 Å². The lowest BCUT2D eigenvalue weighted by atomic mass is 10.2. The number of nitrogens with zero attached hydrogens (tertiary/aromatic N) is 1. The molecule has 0 saturated carbocycles. The molecule has 0 aromatic carbocycles. The molecule has 1 aromatic rings. The summed E-state index contributed by atoms with van der Waals surface area (Å²) in [6.45, 7) is 0. The topological polar surface area (TPSA) is 22.1 Å². The van der Waals surface area contributed by atoms with Gasteiger partial charge in [0.2, 0.25) is 5.88 Å². The summed E-state index contributed by atoms with van der Waals surface area (Å²) in [5.41, 5.74) is 0.486. The van der Waals surface area contributed by atoms with Crippen molar-refractivity contribution in [2.24, 2.45) is 0 Å². The Kier molecular flexibility index (Phi) is 4.49. The molecule has 0 atom stereocenters. The molecule has 1 heterocycles. The van der Waals surface area contributed by atoms with Crippen molar-refractivity contribution < 1.29 is 13.5 Å². The van der Waals surface area contributed by atoms with Crippen molar-refractivity contribution in [3.63, 3.8) is 0 Å². The molecule has 0 bridgehead atoms. The standard InChI is InChI=1S/C8H7BrF2INO/c1-14-8-6(12)5(7(10)11)4(2-9)3-13-8/h3,7H,2H2,1H3. The fourth-order valence-electron chi connectivity index (χ4n) is 1.00. The first-order chi connectivity index (χ1) is 6.61. The highest BCUT2D eigenvalue weighted by Crippen LogP contribution is 2.33. The van der Waals surface area contributed by atoms with Gasteiger partial charge in [0.25, 0.3) is 6.43 Å². The van der Waals surface area contributed by atoms with Crippen molar-refractivity contribution in [1.29, 1.82) is 0 Å². The van der Waals surface area contributed by atoms with Crippen molar-refractivity contribution in [2.75, 3.05) is 7.11 Å². The van der Waals surface area contributed by atoms with E-state index in [-0.39, 0.29) is 11.4 Å². The molecule has 2 nitrogen and oxygen atoms in total. The normalized spacial score (nSPS) is 10.7. The van der Waals surface area contributed by atoms with E-state index in [1.165, 1.54) is 13.3 Å². The van der Waals surface area contributed by atoms with Crippen molar-refractivity contribution in [2.45, 2.75) is 11.8 Å². The molecule has 6 heteroatoms. The summed E-state index contributed by atoms with van der Waals surface area (Å²) in [4.78, 5) is 3.92. The van der Waals surface area contributed by atoms with E-state index < -0.39 is 6.43 Å². The third-order valence-electron chi connectivity index (χ3n) is 1.66. The lowest BCUT2D eigenvalue weighted by Gasteiger charge is -2.11. The smallest absolute Gasteiger partial charge is 0.265 e. The van der Waals surface area contributed by atoms with E-state index in [1.807, 2.05) is 22.6 Å². The van der Waals surface area contributed by atoms with Gasteiger partial charge in [-0.3, -0.25) is 0 Å². The first-order valence-corrected chi connectivity index (χ1v) is 5.87. The molecule has 0 aliphatic rings. The minimum atomic E-state index is -2.51. The Balaban J connectivity index is 3.31. The van der Waals surface area contributed by atoms with E-state index in [4.69, 9.17) is 4.74 Å². The zero-order valence-corrected chi connectivity index (χ0v) is 11.0. The van der Waals surface area contributed by atoms with Crippen LogP contribution in [0.5, 0.6) is 5.88 Å². The van der Waals surface area contributed by atoms with Crippen LogP contribution in [-0.4, -0.2) is 12.1 Å². The fourth-order valence-corrected chi connectivity index (χ4v) is 2.39. The minimum absolute atomic E-state index is 0.00525. The third-order valence-corrected chi connectivity index (χ3v) is 3.31. The Hall–Kier alpha value is 0.0200. The van der Waals surface area contributed by atoms with Crippen LogP contribution in [0.2, 0.25) is 0 Å². The Morgan fingerprint density at radius 3 is 2.71 bits per heavy atom. The Morgan fingerprint density at radius 2 is 2.29 bits per heavy atom. The lowest BCUT2D eigenvalue weighted by molar-refractivity contribution is 0.149. The molecular formula is C8H7BrF2INO. The second-order valence-corrected chi connectivity index (χ2v) is 4.09. The monoisotopic (exact) mass is 377 g/mol. The maximum Gasteiger partial charge on any atom is 0.265 e. The van der Waals surface area contributed by atoms with Crippen molar-refractivity contribution in [1.82, 2.24) is 4.98 Å². The van der Waals surface area contributed by atoms with Crippen LogP contribution in [0.1, 0.15) is 17.6 Å². The molecule has 0 aliphatic carbocycles. The van der Waals surface area contributed by atoms with Crippen LogP contribution in [0.3, 0.4) is 0 Å². The van der Waals surface area contributed by atoms with Crippen LogP contribution in [0.25, 0.3) is 0 Å². The van der Waals surface area contributed by atoms with Crippen LogP contribution < -0.4 is 4.74 Å². The average molecular weight is 378 g/mol. The Morgan fingerprint density at radius 1 is 1.64 bits per heavy atom. The van der Waals surface area contributed by atoms with Crippen LogP contribution in [0.4, 0.5) is 8.78 Å². The first kappa shape index (κ1) is 12.1. The molecule has 0 unspecified atom stereocenters. The largest absolute Gasteiger partial charge is 0.480 e. The number of alkyl halides is 3. The number of methoxy groups -OCH3 is 1. The van der Waals surface area contributed by atoms with E-state index in [9.17, 15) is 8.78 Å². The van der Waals surface area contributed by atoms with E-state index >= 15 is 0 Å². The summed E-state index contributed by atoms with van der Waals surface area (Å²) >= 11 is 4.96. The minimum Gasteiger partial charge on any atom is -0.480 e. The number of ether oxygens (including phenoxy) is 1. The second-order valence-electron chi connectivity index (χ2n) is 2.45.